The number of hydrogen-bond donors (Lipinski definition) is 2. The first-order valence-corrected chi connectivity index (χ1v) is 13.0. The lowest BCUT2D eigenvalue weighted by Crippen LogP contribution is -2.31. The SMILES string of the molecule is O=S(=O)(Nc1cccc(C#Cc2cnc(NCCCN3CCCCC3)nc2)c1)c1ccccc1. The topological polar surface area (TPSA) is 87.2 Å². The normalized spacial score (nSPS) is 14.1. The van der Waals surface area contributed by atoms with E-state index in [4.69, 9.17) is 0 Å². The van der Waals surface area contributed by atoms with Crippen LogP contribution in [0.3, 0.4) is 0 Å². The molecule has 0 atom stereocenters. The average Bonchev–Trinajstić information content (AvgIpc) is 2.87. The van der Waals surface area contributed by atoms with E-state index in [0.717, 1.165) is 19.5 Å². The van der Waals surface area contributed by atoms with Crippen molar-refractivity contribution in [2.75, 3.05) is 36.2 Å². The fraction of sp³-hybridized carbons (Fsp3) is 0.308. The number of piperidine rings is 1. The molecule has 1 aliphatic heterocycles. The Morgan fingerprint density at radius 3 is 2.38 bits per heavy atom. The van der Waals surface area contributed by atoms with Crippen molar-refractivity contribution in [2.24, 2.45) is 0 Å². The van der Waals surface area contributed by atoms with Crippen molar-refractivity contribution in [3.63, 3.8) is 0 Å². The zero-order valence-corrected chi connectivity index (χ0v) is 19.9. The van der Waals surface area contributed by atoms with Crippen molar-refractivity contribution in [3.05, 3.63) is 78.1 Å². The van der Waals surface area contributed by atoms with Crippen molar-refractivity contribution in [1.29, 1.82) is 0 Å². The molecule has 0 unspecified atom stereocenters. The van der Waals surface area contributed by atoms with Gasteiger partial charge in [-0.1, -0.05) is 42.5 Å². The molecule has 0 amide bonds. The highest BCUT2D eigenvalue weighted by atomic mass is 32.2. The minimum Gasteiger partial charge on any atom is -0.354 e. The van der Waals surface area contributed by atoms with Gasteiger partial charge in [-0.25, -0.2) is 18.4 Å². The van der Waals surface area contributed by atoms with Crippen molar-refractivity contribution >= 4 is 21.7 Å². The number of sulfonamides is 1. The van der Waals surface area contributed by atoms with E-state index in [1.807, 2.05) is 6.07 Å². The van der Waals surface area contributed by atoms with E-state index in [1.165, 1.54) is 32.4 Å². The summed E-state index contributed by atoms with van der Waals surface area (Å²) in [5, 5.41) is 3.27. The van der Waals surface area contributed by atoms with E-state index in [2.05, 4.69) is 36.7 Å². The molecular formula is C26H29N5O2S. The van der Waals surface area contributed by atoms with E-state index in [0.29, 0.717) is 22.8 Å². The fourth-order valence-corrected chi connectivity index (χ4v) is 4.86. The number of likely N-dealkylation sites (tertiary alicyclic amines) is 1. The summed E-state index contributed by atoms with van der Waals surface area (Å²) in [5.41, 5.74) is 1.83. The molecule has 1 fully saturated rings. The van der Waals surface area contributed by atoms with E-state index in [9.17, 15) is 8.42 Å². The number of aromatic nitrogens is 2. The van der Waals surface area contributed by atoms with Crippen LogP contribution in [-0.2, 0) is 10.0 Å². The molecule has 176 valence electrons. The Kier molecular flexibility index (Phi) is 8.12. The van der Waals surface area contributed by atoms with Crippen LogP contribution in [0.15, 0.2) is 71.9 Å². The van der Waals surface area contributed by atoms with Gasteiger partial charge in [0.2, 0.25) is 5.95 Å². The molecule has 4 rings (SSSR count). The van der Waals surface area contributed by atoms with Gasteiger partial charge in [0.05, 0.1) is 16.1 Å². The molecule has 2 aromatic carbocycles. The van der Waals surface area contributed by atoms with Gasteiger partial charge in [-0.15, -0.1) is 0 Å². The highest BCUT2D eigenvalue weighted by Gasteiger charge is 2.13. The van der Waals surface area contributed by atoms with Gasteiger partial charge in [0.15, 0.2) is 0 Å². The summed E-state index contributed by atoms with van der Waals surface area (Å²) < 4.78 is 27.6. The molecule has 8 heteroatoms. The summed E-state index contributed by atoms with van der Waals surface area (Å²) in [6, 6.07) is 15.3. The summed E-state index contributed by atoms with van der Waals surface area (Å²) >= 11 is 0. The van der Waals surface area contributed by atoms with Gasteiger partial charge in [0.25, 0.3) is 10.0 Å². The first kappa shape index (κ1) is 23.7. The Morgan fingerprint density at radius 1 is 0.882 bits per heavy atom. The molecule has 0 aliphatic carbocycles. The van der Waals surface area contributed by atoms with Gasteiger partial charge < -0.3 is 10.2 Å². The molecule has 1 saturated heterocycles. The van der Waals surface area contributed by atoms with E-state index < -0.39 is 10.0 Å². The molecule has 2 heterocycles. The van der Waals surface area contributed by atoms with Gasteiger partial charge >= 0.3 is 0 Å². The first-order chi connectivity index (χ1) is 16.6. The van der Waals surface area contributed by atoms with E-state index >= 15 is 0 Å². The van der Waals surface area contributed by atoms with Crippen LogP contribution in [0.25, 0.3) is 0 Å². The predicted octanol–water partition coefficient (Wildman–Crippen LogP) is 3.97. The standard InChI is InChI=1S/C26H29N5O2S/c32-34(33,25-11-3-1-4-12-25)30-24-10-7-9-22(19-24)13-14-23-20-28-26(29-21-23)27-15-8-18-31-16-5-2-6-17-31/h1,3-4,7,9-12,19-21,30H,2,5-6,8,15-18H2,(H,27,28,29). The Hall–Kier alpha value is -3.41. The summed E-state index contributed by atoms with van der Waals surface area (Å²) in [6.07, 6.45) is 8.43. The van der Waals surface area contributed by atoms with Crippen molar-refractivity contribution in [3.8, 4) is 11.8 Å². The smallest absolute Gasteiger partial charge is 0.261 e. The third-order valence-corrected chi connectivity index (χ3v) is 6.95. The molecule has 1 aromatic heterocycles. The fourth-order valence-electron chi connectivity index (χ4n) is 3.79. The second kappa shape index (κ2) is 11.6. The summed E-state index contributed by atoms with van der Waals surface area (Å²) in [7, 11) is -3.65. The minimum atomic E-state index is -3.65. The van der Waals surface area contributed by atoms with Crippen LogP contribution < -0.4 is 10.0 Å². The highest BCUT2D eigenvalue weighted by Crippen LogP contribution is 2.17. The second-order valence-electron chi connectivity index (χ2n) is 8.23. The van der Waals surface area contributed by atoms with Crippen LogP contribution in [0.4, 0.5) is 11.6 Å². The molecule has 0 bridgehead atoms. The number of nitrogens with zero attached hydrogens (tertiary/aromatic N) is 3. The van der Waals surface area contributed by atoms with E-state index in [1.54, 1.807) is 60.9 Å². The van der Waals surface area contributed by atoms with Crippen LogP contribution in [0.1, 0.15) is 36.8 Å². The van der Waals surface area contributed by atoms with Crippen molar-refractivity contribution in [2.45, 2.75) is 30.6 Å². The zero-order valence-electron chi connectivity index (χ0n) is 19.1. The molecule has 7 nitrogen and oxygen atoms in total. The summed E-state index contributed by atoms with van der Waals surface area (Å²) in [6.45, 7) is 4.38. The number of anilines is 2. The van der Waals surface area contributed by atoms with Gasteiger partial charge in [0.1, 0.15) is 0 Å². The minimum absolute atomic E-state index is 0.212. The Morgan fingerprint density at radius 2 is 1.62 bits per heavy atom. The molecule has 2 N–H and O–H groups in total. The second-order valence-corrected chi connectivity index (χ2v) is 9.91. The van der Waals surface area contributed by atoms with Crippen LogP contribution in [0, 0.1) is 11.8 Å². The third-order valence-electron chi connectivity index (χ3n) is 5.55. The summed E-state index contributed by atoms with van der Waals surface area (Å²) in [5.74, 6) is 6.68. The largest absolute Gasteiger partial charge is 0.354 e. The predicted molar refractivity (Wildman–Crippen MR) is 135 cm³/mol. The maximum Gasteiger partial charge on any atom is 0.261 e. The number of nitrogens with one attached hydrogen (secondary N) is 2. The Balaban J connectivity index is 1.30. The zero-order chi connectivity index (χ0) is 23.6. The van der Waals surface area contributed by atoms with Crippen molar-refractivity contribution in [1.82, 2.24) is 14.9 Å². The summed E-state index contributed by atoms with van der Waals surface area (Å²) in [4.78, 5) is 11.4. The maximum absolute atomic E-state index is 12.5. The first-order valence-electron chi connectivity index (χ1n) is 11.6. The van der Waals surface area contributed by atoms with Gasteiger partial charge in [-0.2, -0.15) is 0 Å². The Bertz CT molecular complexity index is 1230. The molecule has 34 heavy (non-hydrogen) atoms. The van der Waals surface area contributed by atoms with Crippen LogP contribution >= 0.6 is 0 Å². The van der Waals surface area contributed by atoms with Gasteiger partial charge in [0, 0.05) is 24.5 Å². The third kappa shape index (κ3) is 7.04. The lowest BCUT2D eigenvalue weighted by Gasteiger charge is -2.26. The number of benzene rings is 2. The monoisotopic (exact) mass is 475 g/mol. The Labute approximate surface area is 201 Å². The van der Waals surface area contributed by atoms with Crippen LogP contribution in [-0.4, -0.2) is 49.5 Å². The van der Waals surface area contributed by atoms with Crippen molar-refractivity contribution < 1.29 is 8.42 Å². The molecule has 0 spiro atoms. The lowest BCUT2D eigenvalue weighted by atomic mass is 10.1. The average molecular weight is 476 g/mol. The molecule has 0 saturated carbocycles. The van der Waals surface area contributed by atoms with Crippen LogP contribution in [0.2, 0.25) is 0 Å². The molecule has 0 radical (unpaired) electrons. The molecule has 3 aromatic rings. The lowest BCUT2D eigenvalue weighted by molar-refractivity contribution is 0.228. The van der Waals surface area contributed by atoms with E-state index in [-0.39, 0.29) is 4.90 Å². The highest BCUT2D eigenvalue weighted by molar-refractivity contribution is 7.92. The number of hydrogen-bond acceptors (Lipinski definition) is 6. The molecular weight excluding hydrogens is 446 g/mol. The molecule has 1 aliphatic rings. The van der Waals surface area contributed by atoms with Gasteiger partial charge in [-0.3, -0.25) is 4.72 Å². The quantitative estimate of drug-likeness (QED) is 0.379. The number of rotatable bonds is 8. The maximum atomic E-state index is 12.5. The van der Waals surface area contributed by atoms with Crippen LogP contribution in [0.5, 0.6) is 0 Å². The van der Waals surface area contributed by atoms with Gasteiger partial charge in [-0.05, 0) is 69.2 Å².